The highest BCUT2D eigenvalue weighted by molar-refractivity contribution is 5.93. The SMILES string of the molecule is CCN(C(=O)Cn1nc2c(-c3nc(-c4ccc(C)cc4)no3)cccn2c1=O)c1ccccc1. The average molecular weight is 454 g/mol. The third kappa shape index (κ3) is 3.88. The predicted molar refractivity (Wildman–Crippen MR) is 127 cm³/mol. The van der Waals surface area contributed by atoms with Crippen molar-refractivity contribution >= 4 is 17.2 Å². The molecule has 9 heteroatoms. The van der Waals surface area contributed by atoms with Crippen molar-refractivity contribution in [2.24, 2.45) is 0 Å². The summed E-state index contributed by atoms with van der Waals surface area (Å²) in [4.78, 5) is 32.1. The fraction of sp³-hybridized carbons (Fsp3) is 0.160. The lowest BCUT2D eigenvalue weighted by Gasteiger charge is -2.20. The van der Waals surface area contributed by atoms with Gasteiger partial charge in [0.2, 0.25) is 11.7 Å². The maximum absolute atomic E-state index is 13.0. The standard InChI is InChI=1S/C25H22N6O3/c1-3-29(19-8-5-4-6-9-19)21(32)16-31-25(33)30-15-7-10-20(23(30)27-31)24-26-22(28-34-24)18-13-11-17(2)12-14-18/h4-15H,3,16H2,1-2H3. The Labute approximate surface area is 194 Å². The molecule has 2 aromatic carbocycles. The minimum atomic E-state index is -0.424. The Morgan fingerprint density at radius 1 is 1.03 bits per heavy atom. The molecule has 0 saturated carbocycles. The second-order valence-corrected chi connectivity index (χ2v) is 7.82. The molecule has 0 spiro atoms. The van der Waals surface area contributed by atoms with Crippen molar-refractivity contribution in [2.75, 3.05) is 11.4 Å². The van der Waals surface area contributed by atoms with Gasteiger partial charge in [-0.1, -0.05) is 53.2 Å². The molecule has 0 unspecified atom stereocenters. The van der Waals surface area contributed by atoms with Crippen LogP contribution in [-0.2, 0) is 11.3 Å². The lowest BCUT2D eigenvalue weighted by molar-refractivity contribution is -0.119. The molecule has 170 valence electrons. The van der Waals surface area contributed by atoms with E-state index in [0.717, 1.165) is 21.5 Å². The number of para-hydroxylation sites is 1. The molecule has 0 bridgehead atoms. The number of benzene rings is 2. The summed E-state index contributed by atoms with van der Waals surface area (Å²) in [6, 6.07) is 20.6. The monoisotopic (exact) mass is 454 g/mol. The van der Waals surface area contributed by atoms with Gasteiger partial charge in [-0.2, -0.15) is 4.98 Å². The van der Waals surface area contributed by atoms with E-state index in [1.807, 2.05) is 68.4 Å². The van der Waals surface area contributed by atoms with Gasteiger partial charge in [0.15, 0.2) is 5.65 Å². The number of carbonyl (C=O) groups is 1. The minimum absolute atomic E-state index is 0.193. The fourth-order valence-electron chi connectivity index (χ4n) is 3.79. The second-order valence-electron chi connectivity index (χ2n) is 7.82. The molecule has 0 fully saturated rings. The van der Waals surface area contributed by atoms with E-state index < -0.39 is 5.69 Å². The van der Waals surface area contributed by atoms with Crippen molar-refractivity contribution in [2.45, 2.75) is 20.4 Å². The van der Waals surface area contributed by atoms with Crippen LogP contribution in [0, 0.1) is 6.92 Å². The van der Waals surface area contributed by atoms with Gasteiger partial charge in [0.05, 0.1) is 5.56 Å². The molecule has 0 radical (unpaired) electrons. The van der Waals surface area contributed by atoms with E-state index in [0.29, 0.717) is 23.6 Å². The molecular weight excluding hydrogens is 432 g/mol. The first-order valence-electron chi connectivity index (χ1n) is 10.9. The number of amides is 1. The maximum atomic E-state index is 13.0. The zero-order valence-corrected chi connectivity index (χ0v) is 18.8. The summed E-state index contributed by atoms with van der Waals surface area (Å²) in [5, 5.41) is 8.50. The normalized spacial score (nSPS) is 11.1. The number of aromatic nitrogens is 5. The van der Waals surface area contributed by atoms with Gasteiger partial charge < -0.3 is 9.42 Å². The second kappa shape index (κ2) is 8.78. The summed E-state index contributed by atoms with van der Waals surface area (Å²) >= 11 is 0. The quantitative estimate of drug-likeness (QED) is 0.389. The number of carbonyl (C=O) groups excluding carboxylic acids is 1. The number of likely N-dealkylation sites (N-methyl/N-ethyl adjacent to an activating group) is 1. The van der Waals surface area contributed by atoms with Crippen LogP contribution in [0.4, 0.5) is 5.69 Å². The Kier molecular flexibility index (Phi) is 5.51. The molecule has 0 aliphatic rings. The molecule has 5 rings (SSSR count). The number of hydrogen-bond donors (Lipinski definition) is 0. The van der Waals surface area contributed by atoms with Crippen molar-refractivity contribution in [3.8, 4) is 22.8 Å². The highest BCUT2D eigenvalue weighted by Crippen LogP contribution is 2.24. The molecule has 0 aliphatic heterocycles. The van der Waals surface area contributed by atoms with Crippen LogP contribution >= 0.6 is 0 Å². The highest BCUT2D eigenvalue weighted by atomic mass is 16.5. The summed E-state index contributed by atoms with van der Waals surface area (Å²) in [6.45, 7) is 4.17. The Morgan fingerprint density at radius 2 is 1.79 bits per heavy atom. The summed E-state index contributed by atoms with van der Waals surface area (Å²) in [5.41, 5.74) is 3.14. The van der Waals surface area contributed by atoms with E-state index in [1.54, 1.807) is 23.2 Å². The summed E-state index contributed by atoms with van der Waals surface area (Å²) in [6.07, 6.45) is 1.60. The highest BCUT2D eigenvalue weighted by Gasteiger charge is 2.20. The van der Waals surface area contributed by atoms with Crippen LogP contribution in [0.25, 0.3) is 28.5 Å². The Bertz CT molecular complexity index is 1520. The lowest BCUT2D eigenvalue weighted by atomic mass is 10.1. The van der Waals surface area contributed by atoms with Gasteiger partial charge in [-0.15, -0.1) is 5.10 Å². The molecular formula is C25H22N6O3. The lowest BCUT2D eigenvalue weighted by Crippen LogP contribution is -2.36. The van der Waals surface area contributed by atoms with Gasteiger partial charge in [0.1, 0.15) is 6.54 Å². The Hall–Kier alpha value is -4.53. The van der Waals surface area contributed by atoms with Crippen molar-refractivity contribution < 1.29 is 9.32 Å². The molecule has 0 N–H and O–H groups in total. The molecule has 5 aromatic rings. The molecule has 1 amide bonds. The Balaban J connectivity index is 1.48. The van der Waals surface area contributed by atoms with Gasteiger partial charge in [0, 0.05) is 24.0 Å². The first kappa shape index (κ1) is 21.3. The third-order valence-corrected chi connectivity index (χ3v) is 5.55. The summed E-state index contributed by atoms with van der Waals surface area (Å²) < 4.78 is 8.02. The van der Waals surface area contributed by atoms with Gasteiger partial charge >= 0.3 is 5.69 Å². The van der Waals surface area contributed by atoms with Gasteiger partial charge in [-0.05, 0) is 38.1 Å². The maximum Gasteiger partial charge on any atom is 0.350 e. The predicted octanol–water partition coefficient (Wildman–Crippen LogP) is 3.57. The molecule has 0 atom stereocenters. The molecule has 3 heterocycles. The van der Waals surface area contributed by atoms with E-state index in [2.05, 4.69) is 15.2 Å². The molecule has 0 saturated heterocycles. The van der Waals surface area contributed by atoms with Crippen molar-refractivity contribution in [1.29, 1.82) is 0 Å². The van der Waals surface area contributed by atoms with Gasteiger partial charge in [-0.25, -0.2) is 13.9 Å². The minimum Gasteiger partial charge on any atom is -0.333 e. The number of rotatable bonds is 6. The topological polar surface area (TPSA) is 98.5 Å². The first-order chi connectivity index (χ1) is 16.5. The van der Waals surface area contributed by atoms with Crippen LogP contribution < -0.4 is 10.6 Å². The average Bonchev–Trinajstić information content (AvgIpc) is 3.46. The van der Waals surface area contributed by atoms with E-state index >= 15 is 0 Å². The number of nitrogens with zero attached hydrogens (tertiary/aromatic N) is 6. The van der Waals surface area contributed by atoms with Crippen LogP contribution in [0.1, 0.15) is 12.5 Å². The smallest absolute Gasteiger partial charge is 0.333 e. The molecule has 34 heavy (non-hydrogen) atoms. The number of fused-ring (bicyclic) bond motifs is 1. The molecule has 9 nitrogen and oxygen atoms in total. The van der Waals surface area contributed by atoms with Crippen LogP contribution in [-0.4, -0.2) is 36.8 Å². The third-order valence-electron chi connectivity index (χ3n) is 5.55. The Morgan fingerprint density at radius 3 is 2.53 bits per heavy atom. The number of pyridine rings is 1. The number of anilines is 1. The summed E-state index contributed by atoms with van der Waals surface area (Å²) in [7, 11) is 0. The van der Waals surface area contributed by atoms with Gasteiger partial charge in [0.25, 0.3) is 5.89 Å². The van der Waals surface area contributed by atoms with Crippen molar-refractivity contribution in [1.82, 2.24) is 24.3 Å². The van der Waals surface area contributed by atoms with Crippen LogP contribution in [0.2, 0.25) is 0 Å². The zero-order chi connectivity index (χ0) is 23.7. The molecule has 0 aliphatic carbocycles. The van der Waals surface area contributed by atoms with Crippen molar-refractivity contribution in [3.05, 3.63) is 89.0 Å². The number of hydrogen-bond acceptors (Lipinski definition) is 6. The molecule has 3 aromatic heterocycles. The van der Waals surface area contributed by atoms with E-state index in [4.69, 9.17) is 4.52 Å². The fourth-order valence-corrected chi connectivity index (χ4v) is 3.79. The van der Waals surface area contributed by atoms with E-state index in [9.17, 15) is 9.59 Å². The van der Waals surface area contributed by atoms with Crippen molar-refractivity contribution in [3.63, 3.8) is 0 Å². The van der Waals surface area contributed by atoms with E-state index in [-0.39, 0.29) is 18.3 Å². The van der Waals surface area contributed by atoms with E-state index in [1.165, 1.54) is 4.40 Å². The number of aryl methyl sites for hydroxylation is 1. The van der Waals surface area contributed by atoms with Gasteiger partial charge in [-0.3, -0.25) is 4.79 Å². The van der Waals surface area contributed by atoms with Crippen LogP contribution in [0.15, 0.2) is 82.2 Å². The largest absolute Gasteiger partial charge is 0.350 e. The van der Waals surface area contributed by atoms with Crippen LogP contribution in [0.5, 0.6) is 0 Å². The summed E-state index contributed by atoms with van der Waals surface area (Å²) in [5.74, 6) is 0.444. The van der Waals surface area contributed by atoms with Crippen LogP contribution in [0.3, 0.4) is 0 Å². The zero-order valence-electron chi connectivity index (χ0n) is 18.8. The first-order valence-corrected chi connectivity index (χ1v) is 10.9.